The summed E-state index contributed by atoms with van der Waals surface area (Å²) in [6, 6.07) is 0. The smallest absolute Gasteiger partial charge is 0.460 e. The lowest BCUT2D eigenvalue weighted by atomic mass is 9.82. The molecule has 2 nitrogen and oxygen atoms in total. The Kier molecular flexibility index (Phi) is 12.7. The summed E-state index contributed by atoms with van der Waals surface area (Å²) >= 11 is 0. The van der Waals surface area contributed by atoms with Crippen LogP contribution in [0, 0.1) is 0 Å². The van der Waals surface area contributed by atoms with Crippen molar-refractivity contribution in [1.82, 2.24) is 0 Å². The van der Waals surface area contributed by atoms with E-state index in [1.165, 1.54) is 0 Å². The molecule has 0 atom stereocenters. The molecule has 0 rings (SSSR count). The van der Waals surface area contributed by atoms with Crippen LogP contribution in [0.5, 0.6) is 0 Å². The number of carbonyl (C=O) groups is 1. The van der Waals surface area contributed by atoms with E-state index in [1.807, 2.05) is 0 Å². The summed E-state index contributed by atoms with van der Waals surface area (Å²) in [5.41, 5.74) is 0. The molecule has 0 radical (unpaired) electrons. The third-order valence-electron chi connectivity index (χ3n) is 6.77. The highest BCUT2D eigenvalue weighted by Crippen LogP contribution is 2.70. The van der Waals surface area contributed by atoms with Gasteiger partial charge in [0.1, 0.15) is 0 Å². The Bertz CT molecular complexity index is 1450. The molecule has 0 aromatic rings. The monoisotopic (exact) mass is 918 g/mol. The summed E-state index contributed by atoms with van der Waals surface area (Å²) in [4.78, 5) is 10.6. The Morgan fingerprint density at radius 2 is 0.518 bits per heavy atom. The number of hydrogen-bond donors (Lipinski definition) is 0. The number of halogens is 33. The maximum Gasteiger partial charge on any atom is 0.460 e. The molecule has 0 aliphatic heterocycles. The SMILES string of the molecule is C=CC(=O)OCCC(F)(F)C(F)(F)C(F)(F)C(F)(F)C(F)(F)C(F)(F)C(F)(F)C(F)(F)C(F)(F)C(F)(F)C(F)(F)C(F)(F)C(F)(F)C(F)(F)C(F)(F)C(F)(F)F. The molecule has 35 heteroatoms. The fourth-order valence-electron chi connectivity index (χ4n) is 3.27. The van der Waals surface area contributed by atoms with E-state index in [1.54, 1.807) is 0 Å². The van der Waals surface area contributed by atoms with Crippen molar-refractivity contribution < 1.29 is 154 Å². The number of alkyl halides is 33. The van der Waals surface area contributed by atoms with E-state index in [0.717, 1.165) is 0 Å². The summed E-state index contributed by atoms with van der Waals surface area (Å²) in [5.74, 6) is -145. The first-order valence-electron chi connectivity index (χ1n) is 12.2. The van der Waals surface area contributed by atoms with Crippen LogP contribution in [-0.2, 0) is 9.53 Å². The fourth-order valence-corrected chi connectivity index (χ4v) is 3.27. The van der Waals surface area contributed by atoms with Gasteiger partial charge in [-0.05, 0) is 0 Å². The van der Waals surface area contributed by atoms with Gasteiger partial charge in [0.05, 0.1) is 13.0 Å². The fraction of sp³-hybridized carbons (Fsp3) is 0.857. The highest BCUT2D eigenvalue weighted by atomic mass is 19.4. The lowest BCUT2D eigenvalue weighted by Crippen LogP contribution is -2.80. The van der Waals surface area contributed by atoms with Gasteiger partial charge in [0.25, 0.3) is 0 Å². The molecule has 0 aromatic heterocycles. The van der Waals surface area contributed by atoms with Crippen molar-refractivity contribution >= 4 is 5.97 Å². The maximum atomic E-state index is 13.9. The van der Waals surface area contributed by atoms with Crippen LogP contribution in [0.15, 0.2) is 12.7 Å². The van der Waals surface area contributed by atoms with Crippen molar-refractivity contribution in [3.05, 3.63) is 12.7 Å². The Labute approximate surface area is 282 Å². The van der Waals surface area contributed by atoms with Crippen LogP contribution in [0.4, 0.5) is 145 Å². The van der Waals surface area contributed by atoms with Crippen LogP contribution in [-0.4, -0.2) is 108 Å². The zero-order chi connectivity index (χ0) is 46.4. The average molecular weight is 918 g/mol. The molecule has 0 aromatic carbocycles. The summed E-state index contributed by atoms with van der Waals surface area (Å²) < 4.78 is 450. The van der Waals surface area contributed by atoms with E-state index < -0.39 is 114 Å². The Morgan fingerprint density at radius 3 is 0.696 bits per heavy atom. The van der Waals surface area contributed by atoms with E-state index in [2.05, 4.69) is 11.3 Å². The van der Waals surface area contributed by atoms with Gasteiger partial charge in [0.15, 0.2) is 0 Å². The highest BCUT2D eigenvalue weighted by molar-refractivity contribution is 5.81. The number of rotatable bonds is 18. The summed E-state index contributed by atoms with van der Waals surface area (Å²) in [6.07, 6.45) is -11.8. The van der Waals surface area contributed by atoms with Crippen LogP contribution in [0.1, 0.15) is 6.42 Å². The molecular formula is C21H7F33O2. The molecule has 0 spiro atoms. The predicted molar refractivity (Wildman–Crippen MR) is 106 cm³/mol. The molecule has 0 heterocycles. The maximum absolute atomic E-state index is 13.9. The molecular weight excluding hydrogens is 911 g/mol. The first kappa shape index (κ1) is 52.9. The Morgan fingerprint density at radius 1 is 0.339 bits per heavy atom. The van der Waals surface area contributed by atoms with Gasteiger partial charge in [0, 0.05) is 6.08 Å². The molecule has 0 aliphatic rings. The second-order valence-corrected chi connectivity index (χ2v) is 10.4. The van der Waals surface area contributed by atoms with Crippen LogP contribution in [0.2, 0.25) is 0 Å². The van der Waals surface area contributed by atoms with E-state index in [9.17, 15) is 150 Å². The van der Waals surface area contributed by atoms with Crippen molar-refractivity contribution in [3.8, 4) is 0 Å². The summed E-state index contributed by atoms with van der Waals surface area (Å²) in [6.45, 7) is 0.0847. The van der Waals surface area contributed by atoms with Gasteiger partial charge >= 0.3 is 101 Å². The Hall–Kier alpha value is -3.10. The molecule has 0 saturated heterocycles. The minimum Gasteiger partial charge on any atom is -0.462 e. The lowest BCUT2D eigenvalue weighted by molar-refractivity contribution is -0.491. The molecule has 334 valence electrons. The standard InChI is InChI=1S/C21H7F33O2/c1-2-5(55)56-4-3-6(22,23)7(24,25)8(26,27)9(28,29)10(30,31)11(32,33)12(34,35)13(36,37)14(38,39)15(40,41)16(42,43)17(44,45)18(46,47)19(48,49)20(50,51)21(52,53)54/h2H,1,3-4H2. The van der Waals surface area contributed by atoms with Crippen molar-refractivity contribution in [1.29, 1.82) is 0 Å². The third-order valence-corrected chi connectivity index (χ3v) is 6.77. The third kappa shape index (κ3) is 6.38. The van der Waals surface area contributed by atoms with E-state index in [-0.39, 0.29) is 6.08 Å². The quantitative estimate of drug-likeness (QED) is 0.0778. The van der Waals surface area contributed by atoms with Gasteiger partial charge in [-0.25, -0.2) is 4.79 Å². The van der Waals surface area contributed by atoms with Crippen LogP contribution < -0.4 is 0 Å². The second-order valence-electron chi connectivity index (χ2n) is 10.4. The minimum atomic E-state index is -10.2. The van der Waals surface area contributed by atoms with E-state index in [0.29, 0.717) is 0 Å². The van der Waals surface area contributed by atoms with Gasteiger partial charge in [-0.15, -0.1) is 0 Å². The molecule has 56 heavy (non-hydrogen) atoms. The van der Waals surface area contributed by atoms with Crippen molar-refractivity contribution in [2.45, 2.75) is 101 Å². The van der Waals surface area contributed by atoms with Crippen LogP contribution in [0.25, 0.3) is 0 Å². The van der Waals surface area contributed by atoms with Crippen molar-refractivity contribution in [2.24, 2.45) is 0 Å². The van der Waals surface area contributed by atoms with Crippen LogP contribution >= 0.6 is 0 Å². The molecule has 0 aliphatic carbocycles. The molecule has 0 unspecified atom stereocenters. The number of carbonyl (C=O) groups excluding carboxylic acids is 1. The topological polar surface area (TPSA) is 26.3 Å². The highest BCUT2D eigenvalue weighted by Gasteiger charge is 3.01. The normalized spacial score (nSPS) is 16.6. The van der Waals surface area contributed by atoms with Crippen LogP contribution in [0.3, 0.4) is 0 Å². The van der Waals surface area contributed by atoms with Gasteiger partial charge in [-0.1, -0.05) is 6.58 Å². The van der Waals surface area contributed by atoms with Gasteiger partial charge in [0.2, 0.25) is 0 Å². The summed E-state index contributed by atoms with van der Waals surface area (Å²) in [5, 5.41) is 0. The van der Waals surface area contributed by atoms with Gasteiger partial charge in [-0.3, -0.25) is 0 Å². The number of hydrogen-bond acceptors (Lipinski definition) is 2. The first-order valence-corrected chi connectivity index (χ1v) is 12.2. The van der Waals surface area contributed by atoms with Crippen molar-refractivity contribution in [3.63, 3.8) is 0 Å². The minimum absolute atomic E-state index is 0.0582. The number of esters is 1. The van der Waals surface area contributed by atoms with Crippen molar-refractivity contribution in [2.75, 3.05) is 6.61 Å². The predicted octanol–water partition coefficient (Wildman–Crippen LogP) is 11.2. The van der Waals surface area contributed by atoms with Gasteiger partial charge < -0.3 is 4.74 Å². The molecule has 0 amide bonds. The van der Waals surface area contributed by atoms with Gasteiger partial charge in [-0.2, -0.15) is 145 Å². The second kappa shape index (κ2) is 13.5. The lowest BCUT2D eigenvalue weighted by Gasteiger charge is -2.46. The number of ether oxygens (including phenoxy) is 1. The molecule has 0 N–H and O–H groups in total. The average Bonchev–Trinajstić information content (AvgIpc) is 2.98. The largest absolute Gasteiger partial charge is 0.462 e. The first-order chi connectivity index (χ1) is 23.7. The Balaban J connectivity index is 7.60. The molecule has 0 fully saturated rings. The zero-order valence-electron chi connectivity index (χ0n) is 24.5. The zero-order valence-corrected chi connectivity index (χ0v) is 24.5. The van der Waals surface area contributed by atoms with E-state index in [4.69, 9.17) is 0 Å². The van der Waals surface area contributed by atoms with E-state index >= 15 is 0 Å². The summed E-state index contributed by atoms with van der Waals surface area (Å²) in [7, 11) is 0. The molecule has 0 saturated carbocycles. The molecule has 0 bridgehead atoms.